The van der Waals surface area contributed by atoms with Crippen molar-refractivity contribution in [3.05, 3.63) is 35.2 Å². The molecule has 4 heterocycles. The molecular formula is C20H22N4O6. The monoisotopic (exact) mass is 414 g/mol. The quantitative estimate of drug-likeness (QED) is 0.459. The van der Waals surface area contributed by atoms with Crippen LogP contribution in [0, 0.1) is 0 Å². The van der Waals surface area contributed by atoms with Crippen LogP contribution >= 0.6 is 0 Å². The molecular weight excluding hydrogens is 392 g/mol. The Bertz CT molecular complexity index is 978. The number of ether oxygens (including phenoxy) is 2. The number of pyridine rings is 1. The topological polar surface area (TPSA) is 130 Å². The lowest BCUT2D eigenvalue weighted by atomic mass is 10.1. The van der Waals surface area contributed by atoms with Crippen LogP contribution in [0.25, 0.3) is 11.6 Å². The first-order valence-electron chi connectivity index (χ1n) is 9.61. The van der Waals surface area contributed by atoms with E-state index in [1.807, 2.05) is 11.1 Å². The molecule has 2 aliphatic heterocycles. The number of hydrazine groups is 1. The number of carbonyl (C=O) groups excluding carboxylic acids is 1. The highest BCUT2D eigenvalue weighted by Gasteiger charge is 2.28. The number of rotatable bonds is 7. The smallest absolute Gasteiger partial charge is 0.347 e. The molecule has 0 bridgehead atoms. The van der Waals surface area contributed by atoms with Crippen LogP contribution in [0.3, 0.4) is 0 Å². The fourth-order valence-corrected chi connectivity index (χ4v) is 3.11. The molecule has 2 aromatic rings. The Morgan fingerprint density at radius 1 is 1.37 bits per heavy atom. The first-order chi connectivity index (χ1) is 14.7. The SMILES string of the molecule is O=C(OCCCO)c1c(NN2CCOCC2)oc(C=C2C=Nc3ncccc32)c1O. The van der Waals surface area contributed by atoms with E-state index in [0.717, 1.165) is 5.56 Å². The van der Waals surface area contributed by atoms with Gasteiger partial charge in [0.15, 0.2) is 22.9 Å². The average molecular weight is 414 g/mol. The maximum absolute atomic E-state index is 12.6. The van der Waals surface area contributed by atoms with E-state index in [4.69, 9.17) is 19.0 Å². The third kappa shape index (κ3) is 4.20. The summed E-state index contributed by atoms with van der Waals surface area (Å²) in [4.78, 5) is 21.0. The van der Waals surface area contributed by atoms with Crippen molar-refractivity contribution in [2.75, 3.05) is 44.9 Å². The number of aromatic hydroxyl groups is 1. The number of aliphatic hydroxyl groups excluding tert-OH is 1. The van der Waals surface area contributed by atoms with Gasteiger partial charge in [0.2, 0.25) is 5.88 Å². The summed E-state index contributed by atoms with van der Waals surface area (Å²) in [6.07, 6.45) is 5.16. The van der Waals surface area contributed by atoms with E-state index in [1.165, 1.54) is 0 Å². The third-order valence-electron chi connectivity index (χ3n) is 4.63. The number of fused-ring (bicyclic) bond motifs is 1. The van der Waals surface area contributed by atoms with Gasteiger partial charge in [-0.25, -0.2) is 19.8 Å². The van der Waals surface area contributed by atoms with Crippen LogP contribution < -0.4 is 5.43 Å². The van der Waals surface area contributed by atoms with Crippen LogP contribution in [0.4, 0.5) is 11.7 Å². The second kappa shape index (κ2) is 9.08. The van der Waals surface area contributed by atoms with E-state index in [9.17, 15) is 9.90 Å². The summed E-state index contributed by atoms with van der Waals surface area (Å²) in [7, 11) is 0. The number of nitrogens with one attached hydrogen (secondary N) is 1. The highest BCUT2D eigenvalue weighted by Crippen LogP contribution is 2.38. The van der Waals surface area contributed by atoms with Gasteiger partial charge < -0.3 is 24.1 Å². The zero-order valence-corrected chi connectivity index (χ0v) is 16.2. The summed E-state index contributed by atoms with van der Waals surface area (Å²) in [6.45, 7) is 2.16. The number of carbonyl (C=O) groups is 1. The van der Waals surface area contributed by atoms with E-state index in [2.05, 4.69) is 15.4 Å². The summed E-state index contributed by atoms with van der Waals surface area (Å²) in [5.74, 6) is -0.329. The van der Waals surface area contributed by atoms with Gasteiger partial charge in [0.1, 0.15) is 0 Å². The van der Waals surface area contributed by atoms with Crippen molar-refractivity contribution in [2.24, 2.45) is 4.99 Å². The molecule has 2 aromatic heterocycles. The fraction of sp³-hybridized carbons (Fsp3) is 0.350. The van der Waals surface area contributed by atoms with Crippen molar-refractivity contribution in [1.29, 1.82) is 0 Å². The van der Waals surface area contributed by atoms with Crippen LogP contribution in [-0.2, 0) is 9.47 Å². The molecule has 0 unspecified atom stereocenters. The number of aliphatic imine (C=N–C) groups is 1. The number of hydrogen-bond acceptors (Lipinski definition) is 10. The fourth-order valence-electron chi connectivity index (χ4n) is 3.11. The molecule has 0 radical (unpaired) electrons. The number of anilines is 1. The molecule has 1 fully saturated rings. The predicted molar refractivity (Wildman–Crippen MR) is 109 cm³/mol. The number of aliphatic hydroxyl groups is 1. The van der Waals surface area contributed by atoms with Gasteiger partial charge in [-0.1, -0.05) is 0 Å². The standard InChI is InChI=1S/C20H22N4O6/c25-7-2-8-29-20(27)16-17(26)15(30-19(16)23-24-5-9-28-10-6-24)11-13-12-22-18-14(13)3-1-4-21-18/h1,3-4,11-12,23,25-26H,2,5-10H2. The van der Waals surface area contributed by atoms with Crippen LogP contribution in [-0.4, -0.2) is 71.9 Å². The van der Waals surface area contributed by atoms with Crippen LogP contribution in [0.2, 0.25) is 0 Å². The van der Waals surface area contributed by atoms with Crippen molar-refractivity contribution in [3.8, 4) is 5.75 Å². The van der Waals surface area contributed by atoms with E-state index >= 15 is 0 Å². The van der Waals surface area contributed by atoms with Crippen LogP contribution in [0.5, 0.6) is 5.75 Å². The Hall–Kier alpha value is -3.21. The van der Waals surface area contributed by atoms with Crippen molar-refractivity contribution >= 4 is 35.5 Å². The number of allylic oxidation sites excluding steroid dienone is 1. The molecule has 158 valence electrons. The third-order valence-corrected chi connectivity index (χ3v) is 4.63. The summed E-state index contributed by atoms with van der Waals surface area (Å²) in [6, 6.07) is 3.65. The lowest BCUT2D eigenvalue weighted by Gasteiger charge is -2.26. The van der Waals surface area contributed by atoms with Crippen molar-refractivity contribution < 1.29 is 28.9 Å². The van der Waals surface area contributed by atoms with Crippen molar-refractivity contribution in [1.82, 2.24) is 9.99 Å². The Morgan fingerprint density at radius 3 is 3.00 bits per heavy atom. The van der Waals surface area contributed by atoms with Crippen molar-refractivity contribution in [3.63, 3.8) is 0 Å². The number of furan rings is 1. The minimum atomic E-state index is -0.743. The number of aromatic nitrogens is 1. The maximum Gasteiger partial charge on any atom is 0.347 e. The molecule has 30 heavy (non-hydrogen) atoms. The van der Waals surface area contributed by atoms with Gasteiger partial charge in [0.25, 0.3) is 0 Å². The zero-order chi connectivity index (χ0) is 20.9. The molecule has 2 aliphatic rings. The second-order valence-corrected chi connectivity index (χ2v) is 6.68. The van der Waals surface area contributed by atoms with Gasteiger partial charge in [-0.05, 0) is 18.2 Å². The van der Waals surface area contributed by atoms with Gasteiger partial charge in [-0.3, -0.25) is 5.43 Å². The first kappa shape index (κ1) is 20.1. The van der Waals surface area contributed by atoms with Gasteiger partial charge in [-0.2, -0.15) is 0 Å². The molecule has 0 aliphatic carbocycles. The molecule has 1 saturated heterocycles. The van der Waals surface area contributed by atoms with E-state index in [1.54, 1.807) is 24.6 Å². The summed E-state index contributed by atoms with van der Waals surface area (Å²) >= 11 is 0. The predicted octanol–water partition coefficient (Wildman–Crippen LogP) is 1.83. The summed E-state index contributed by atoms with van der Waals surface area (Å²) in [5, 5.41) is 21.5. The molecule has 10 heteroatoms. The lowest BCUT2D eigenvalue weighted by Crippen LogP contribution is -2.40. The molecule has 10 nitrogen and oxygen atoms in total. The summed E-state index contributed by atoms with van der Waals surface area (Å²) in [5.41, 5.74) is 4.41. The van der Waals surface area contributed by atoms with Gasteiger partial charge >= 0.3 is 5.97 Å². The summed E-state index contributed by atoms with van der Waals surface area (Å²) < 4.78 is 16.3. The average Bonchev–Trinajstić information content (AvgIpc) is 3.30. The molecule has 0 atom stereocenters. The first-order valence-corrected chi connectivity index (χ1v) is 9.61. The number of esters is 1. The van der Waals surface area contributed by atoms with Gasteiger partial charge in [0.05, 0.1) is 19.8 Å². The van der Waals surface area contributed by atoms with Gasteiger partial charge in [0, 0.05) is 49.7 Å². The van der Waals surface area contributed by atoms with Gasteiger partial charge in [-0.15, -0.1) is 0 Å². The highest BCUT2D eigenvalue weighted by molar-refractivity contribution is 6.21. The minimum absolute atomic E-state index is 0.0269. The Labute approximate surface area is 172 Å². The zero-order valence-electron chi connectivity index (χ0n) is 16.2. The van der Waals surface area contributed by atoms with Crippen molar-refractivity contribution in [2.45, 2.75) is 6.42 Å². The second-order valence-electron chi connectivity index (χ2n) is 6.68. The molecule has 0 spiro atoms. The normalized spacial score (nSPS) is 17.3. The molecule has 0 amide bonds. The van der Waals surface area contributed by atoms with Crippen LogP contribution in [0.15, 0.2) is 27.7 Å². The van der Waals surface area contributed by atoms with E-state index < -0.39 is 5.97 Å². The van der Waals surface area contributed by atoms with E-state index in [0.29, 0.717) is 44.1 Å². The minimum Gasteiger partial charge on any atom is -0.504 e. The lowest BCUT2D eigenvalue weighted by molar-refractivity contribution is 0.0461. The van der Waals surface area contributed by atoms with Crippen LogP contribution in [0.1, 0.15) is 28.1 Å². The number of morpholine rings is 1. The largest absolute Gasteiger partial charge is 0.504 e. The number of nitrogens with zero attached hydrogens (tertiary/aromatic N) is 3. The van der Waals surface area contributed by atoms with E-state index in [-0.39, 0.29) is 36.2 Å². The Balaban J connectivity index is 1.66. The maximum atomic E-state index is 12.6. The Morgan fingerprint density at radius 2 is 2.20 bits per heavy atom. The molecule has 4 rings (SSSR count). The molecule has 0 aromatic carbocycles. The molecule has 0 saturated carbocycles. The highest BCUT2D eigenvalue weighted by atomic mass is 16.5. The molecule has 3 N–H and O–H groups in total. The number of hydrogen-bond donors (Lipinski definition) is 3. The Kier molecular flexibility index (Phi) is 6.07.